The number of nitrogens with one attached hydrogen (secondary N) is 1. The Balaban J connectivity index is 1.84. The fraction of sp³-hybridized carbons (Fsp3) is 0.333. The molecule has 0 bridgehead atoms. The number of hydrogen-bond acceptors (Lipinski definition) is 3. The zero-order valence-electron chi connectivity index (χ0n) is 14.3. The Bertz CT molecular complexity index is 815. The topological polar surface area (TPSA) is 41.7 Å². The Morgan fingerprint density at radius 2 is 2.00 bits per heavy atom. The van der Waals surface area contributed by atoms with E-state index >= 15 is 0 Å². The van der Waals surface area contributed by atoms with E-state index in [1.165, 1.54) is 28.1 Å². The average molecular weight is 326 g/mol. The Morgan fingerprint density at radius 1 is 1.22 bits per heavy atom. The van der Waals surface area contributed by atoms with Crippen LogP contribution in [0, 0.1) is 27.7 Å². The molecule has 0 atom stereocenters. The molecule has 1 N–H and O–H groups in total. The van der Waals surface area contributed by atoms with E-state index in [0.717, 1.165) is 22.3 Å². The number of aromatic nitrogens is 1. The zero-order chi connectivity index (χ0) is 16.6. The third-order valence-corrected chi connectivity index (χ3v) is 5.39. The second-order valence-electron chi connectivity index (χ2n) is 5.94. The number of aryl methyl sites for hydroxylation is 2. The van der Waals surface area contributed by atoms with Crippen LogP contribution in [0.15, 0.2) is 34.4 Å². The van der Waals surface area contributed by atoms with Gasteiger partial charge in [0.15, 0.2) is 5.17 Å². The molecule has 0 unspecified atom stereocenters. The van der Waals surface area contributed by atoms with Gasteiger partial charge in [-0.1, -0.05) is 23.9 Å². The molecule has 0 aliphatic carbocycles. The van der Waals surface area contributed by atoms with E-state index < -0.39 is 0 Å². The van der Waals surface area contributed by atoms with Crippen LogP contribution < -0.4 is 5.43 Å². The van der Waals surface area contributed by atoms with Crippen LogP contribution in [0.1, 0.15) is 28.1 Å². The number of rotatable bonds is 2. The number of benzene rings is 1. The predicted molar refractivity (Wildman–Crippen MR) is 100 cm³/mol. The van der Waals surface area contributed by atoms with Crippen molar-refractivity contribution in [1.29, 1.82) is 0 Å². The first-order chi connectivity index (χ1) is 11.0. The lowest BCUT2D eigenvalue weighted by molar-refractivity contribution is 0.843. The molecule has 23 heavy (non-hydrogen) atoms. The number of amidine groups is 1. The molecule has 1 aliphatic heterocycles. The van der Waals surface area contributed by atoms with Crippen LogP contribution in [0.4, 0.5) is 5.69 Å². The molecule has 5 heteroatoms. The maximum atomic E-state index is 4.71. The summed E-state index contributed by atoms with van der Waals surface area (Å²) in [6, 6.07) is 8.39. The average Bonchev–Trinajstić information content (AvgIpc) is 2.80. The molecule has 0 radical (unpaired) electrons. The Kier molecular flexibility index (Phi) is 4.31. The maximum Gasteiger partial charge on any atom is 0.182 e. The summed E-state index contributed by atoms with van der Waals surface area (Å²) in [5.41, 5.74) is 11.4. The summed E-state index contributed by atoms with van der Waals surface area (Å²) < 4.78 is 2.20. The third kappa shape index (κ3) is 3.06. The molecule has 120 valence electrons. The van der Waals surface area contributed by atoms with Gasteiger partial charge in [-0.3, -0.25) is 5.43 Å². The van der Waals surface area contributed by atoms with Gasteiger partial charge in [-0.2, -0.15) is 5.10 Å². The van der Waals surface area contributed by atoms with Gasteiger partial charge in [-0.05, 0) is 51.0 Å². The van der Waals surface area contributed by atoms with Crippen LogP contribution >= 0.6 is 11.8 Å². The maximum absolute atomic E-state index is 4.71. The number of thioether (sulfide) groups is 1. The molecule has 0 spiro atoms. The number of hydrogen-bond donors (Lipinski definition) is 1. The van der Waals surface area contributed by atoms with Gasteiger partial charge in [0.25, 0.3) is 0 Å². The van der Waals surface area contributed by atoms with Crippen LogP contribution in [0.3, 0.4) is 0 Å². The van der Waals surface area contributed by atoms with Gasteiger partial charge >= 0.3 is 0 Å². The summed E-state index contributed by atoms with van der Waals surface area (Å²) in [7, 11) is 2.09. The van der Waals surface area contributed by atoms with E-state index in [1.807, 2.05) is 12.1 Å². The highest BCUT2D eigenvalue weighted by Crippen LogP contribution is 2.24. The highest BCUT2D eigenvalue weighted by atomic mass is 32.2. The van der Waals surface area contributed by atoms with Crippen molar-refractivity contribution < 1.29 is 0 Å². The Labute approximate surface area is 141 Å². The summed E-state index contributed by atoms with van der Waals surface area (Å²) in [5.74, 6) is 0.834. The predicted octanol–water partition coefficient (Wildman–Crippen LogP) is 3.99. The van der Waals surface area contributed by atoms with Crippen LogP contribution in [0.25, 0.3) is 0 Å². The Morgan fingerprint density at radius 3 is 2.61 bits per heavy atom. The molecule has 0 saturated heterocycles. The number of aliphatic imine (C=N–C) groups is 1. The van der Waals surface area contributed by atoms with Crippen molar-refractivity contribution in [2.75, 3.05) is 5.75 Å². The minimum atomic E-state index is 0.834. The fourth-order valence-electron chi connectivity index (χ4n) is 2.63. The minimum Gasteiger partial charge on any atom is -0.351 e. The molecule has 4 nitrogen and oxygen atoms in total. The first-order valence-electron chi connectivity index (χ1n) is 7.71. The number of hydrazone groups is 1. The Hall–Kier alpha value is -2.01. The molecule has 2 aromatic rings. The minimum absolute atomic E-state index is 0.834. The first-order valence-corrected chi connectivity index (χ1v) is 8.69. The molecule has 3 rings (SSSR count). The van der Waals surface area contributed by atoms with E-state index in [0.29, 0.717) is 0 Å². The van der Waals surface area contributed by atoms with Crippen molar-refractivity contribution in [3.63, 3.8) is 0 Å². The normalized spacial score (nSPS) is 16.4. The standard InChI is InChI=1S/C18H22N4S/c1-11-7-6-8-16(13(11)3)19-18-21-20-17(10-23-18)15-9-12(2)22(5)14(15)4/h6-9H,10H2,1-5H3,(H,19,21). The van der Waals surface area contributed by atoms with Gasteiger partial charge in [-0.15, -0.1) is 0 Å². The van der Waals surface area contributed by atoms with Crippen molar-refractivity contribution in [3.05, 3.63) is 52.3 Å². The summed E-state index contributed by atoms with van der Waals surface area (Å²) in [6.45, 7) is 8.47. The number of nitrogens with zero attached hydrogens (tertiary/aromatic N) is 3. The lowest BCUT2D eigenvalue weighted by atomic mass is 10.1. The van der Waals surface area contributed by atoms with Crippen molar-refractivity contribution >= 4 is 28.3 Å². The molecule has 1 aromatic heterocycles. The molecule has 0 fully saturated rings. The molecule has 2 heterocycles. The summed E-state index contributed by atoms with van der Waals surface area (Å²) in [6.07, 6.45) is 0. The molecule has 1 aromatic carbocycles. The zero-order valence-corrected chi connectivity index (χ0v) is 15.1. The van der Waals surface area contributed by atoms with Gasteiger partial charge in [0, 0.05) is 29.8 Å². The second-order valence-corrected chi connectivity index (χ2v) is 6.90. The van der Waals surface area contributed by atoms with E-state index in [2.05, 4.69) is 62.0 Å². The van der Waals surface area contributed by atoms with Crippen LogP contribution in [-0.2, 0) is 7.05 Å². The lowest BCUT2D eigenvalue weighted by Crippen LogP contribution is -2.25. The molecule has 0 saturated carbocycles. The van der Waals surface area contributed by atoms with Crippen molar-refractivity contribution in [2.24, 2.45) is 17.1 Å². The van der Waals surface area contributed by atoms with Crippen molar-refractivity contribution in [2.45, 2.75) is 27.7 Å². The third-order valence-electron chi connectivity index (χ3n) is 4.52. The molecule has 0 amide bonds. The van der Waals surface area contributed by atoms with E-state index in [1.54, 1.807) is 11.8 Å². The van der Waals surface area contributed by atoms with Gasteiger partial charge in [0.05, 0.1) is 11.4 Å². The van der Waals surface area contributed by atoms with E-state index in [4.69, 9.17) is 4.99 Å². The second kappa shape index (κ2) is 6.24. The summed E-state index contributed by atoms with van der Waals surface area (Å²) in [4.78, 5) is 4.71. The summed E-state index contributed by atoms with van der Waals surface area (Å²) >= 11 is 1.70. The largest absolute Gasteiger partial charge is 0.351 e. The SMILES string of the molecule is Cc1cccc(N=C2NN=C(c3cc(C)n(C)c3C)CS2)c1C. The molecular formula is C18H22N4S. The van der Waals surface area contributed by atoms with Crippen LogP contribution in [0.2, 0.25) is 0 Å². The van der Waals surface area contributed by atoms with E-state index in [-0.39, 0.29) is 0 Å². The monoisotopic (exact) mass is 326 g/mol. The summed E-state index contributed by atoms with van der Waals surface area (Å²) in [5, 5.41) is 5.40. The van der Waals surface area contributed by atoms with E-state index in [9.17, 15) is 0 Å². The lowest BCUT2D eigenvalue weighted by Gasteiger charge is -2.15. The smallest absolute Gasteiger partial charge is 0.182 e. The molecular weight excluding hydrogens is 304 g/mol. The quantitative estimate of drug-likeness (QED) is 0.907. The molecule has 1 aliphatic rings. The van der Waals surface area contributed by atoms with Gasteiger partial charge in [0.2, 0.25) is 0 Å². The van der Waals surface area contributed by atoms with Crippen molar-refractivity contribution in [3.8, 4) is 0 Å². The fourth-order valence-corrected chi connectivity index (χ4v) is 3.39. The highest BCUT2D eigenvalue weighted by molar-refractivity contribution is 8.14. The first kappa shape index (κ1) is 15.9. The van der Waals surface area contributed by atoms with Gasteiger partial charge in [-0.25, -0.2) is 4.99 Å². The highest BCUT2D eigenvalue weighted by Gasteiger charge is 2.17. The van der Waals surface area contributed by atoms with Crippen LogP contribution in [-0.4, -0.2) is 21.2 Å². The van der Waals surface area contributed by atoms with Crippen LogP contribution in [0.5, 0.6) is 0 Å². The van der Waals surface area contributed by atoms with Gasteiger partial charge < -0.3 is 4.57 Å². The van der Waals surface area contributed by atoms with Gasteiger partial charge in [0.1, 0.15) is 0 Å². The van der Waals surface area contributed by atoms with Crippen molar-refractivity contribution in [1.82, 2.24) is 9.99 Å².